The Bertz CT molecular complexity index is 316. The summed E-state index contributed by atoms with van der Waals surface area (Å²) >= 11 is 5.58. The van der Waals surface area contributed by atoms with E-state index in [2.05, 4.69) is 0 Å². The summed E-state index contributed by atoms with van der Waals surface area (Å²) in [7, 11) is 0. The van der Waals surface area contributed by atoms with E-state index in [1.807, 2.05) is 0 Å². The monoisotopic (exact) mass is 238 g/mol. The van der Waals surface area contributed by atoms with Gasteiger partial charge in [-0.25, -0.2) is 0 Å². The molecule has 1 rings (SSSR count). The molecule has 0 unspecified atom stereocenters. The van der Waals surface area contributed by atoms with E-state index in [1.54, 1.807) is 26.0 Å². The molecular weight excluding hydrogens is 227 g/mol. The molecule has 0 fully saturated rings. The first-order valence-electron chi connectivity index (χ1n) is 4.12. The van der Waals surface area contributed by atoms with Gasteiger partial charge in [0.15, 0.2) is 0 Å². The van der Waals surface area contributed by atoms with Crippen molar-refractivity contribution in [3.63, 3.8) is 0 Å². The van der Waals surface area contributed by atoms with Gasteiger partial charge >= 0.3 is 35.5 Å². The fourth-order valence-electron chi connectivity index (χ4n) is 0.613. The molecule has 1 N–H and O–H groups in total. The molecule has 0 aliphatic heterocycles. The molecule has 0 radical (unpaired) electrons. The number of carbonyl (C=O) groups is 1. The van der Waals surface area contributed by atoms with Crippen molar-refractivity contribution in [3.05, 3.63) is 28.8 Å². The summed E-state index contributed by atoms with van der Waals surface area (Å²) in [4.78, 5) is 9.37. The van der Waals surface area contributed by atoms with E-state index in [1.165, 1.54) is 6.07 Å². The van der Waals surface area contributed by atoms with Gasteiger partial charge in [-0.15, -0.1) is 5.75 Å². The van der Waals surface area contributed by atoms with Crippen LogP contribution < -0.4 is 34.7 Å². The van der Waals surface area contributed by atoms with Crippen LogP contribution in [0.5, 0.6) is 5.75 Å². The minimum absolute atomic E-state index is 0. The van der Waals surface area contributed by atoms with Gasteiger partial charge in [0.05, 0.1) is 0 Å². The van der Waals surface area contributed by atoms with Gasteiger partial charge in [0.2, 0.25) is 0 Å². The maximum atomic E-state index is 10.7. The molecule has 0 aromatic heterocycles. The summed E-state index contributed by atoms with van der Waals surface area (Å²) in [6, 6.07) is 4.72. The number of benzene rings is 1. The van der Waals surface area contributed by atoms with Crippen molar-refractivity contribution in [1.29, 1.82) is 0 Å². The van der Waals surface area contributed by atoms with Crippen LogP contribution in [0, 0.1) is 6.92 Å². The van der Waals surface area contributed by atoms with Gasteiger partial charge in [-0.2, -0.15) is 0 Å². The number of carboxylic acid groups (broad SMARTS) is 1. The predicted molar refractivity (Wildman–Crippen MR) is 53.6 cm³/mol. The van der Waals surface area contributed by atoms with Crippen molar-refractivity contribution in [2.75, 3.05) is 0 Å². The standard InChI is InChI=1S/C7H7ClO.C3H6O2.Na/c1-5-4-6(8)2-3-7(5)9;1-2-3(4)5;/h2-4,9H,1H3;2H2,1H3,(H,4,5);/q;;+1/p-1. The van der Waals surface area contributed by atoms with E-state index in [0.29, 0.717) is 10.6 Å². The third-order valence-corrected chi connectivity index (χ3v) is 1.67. The zero-order chi connectivity index (χ0) is 11.1. The molecule has 78 valence electrons. The van der Waals surface area contributed by atoms with E-state index in [-0.39, 0.29) is 41.7 Å². The van der Waals surface area contributed by atoms with Crippen LogP contribution in [0.3, 0.4) is 0 Å². The first kappa shape index (κ1) is 17.2. The van der Waals surface area contributed by atoms with Crippen molar-refractivity contribution >= 4 is 17.6 Å². The van der Waals surface area contributed by atoms with Crippen LogP contribution >= 0.6 is 11.6 Å². The SMILES string of the molecule is CCC(=O)O.Cc1cc(Cl)ccc1[O-].[Na+]. The third-order valence-electron chi connectivity index (χ3n) is 1.44. The Morgan fingerprint density at radius 1 is 1.53 bits per heavy atom. The average Bonchev–Trinajstić information content (AvgIpc) is 2.13. The van der Waals surface area contributed by atoms with Gasteiger partial charge < -0.3 is 10.2 Å². The largest absolute Gasteiger partial charge is 1.00 e. The zero-order valence-corrected chi connectivity index (χ0v) is 11.8. The topological polar surface area (TPSA) is 60.4 Å². The summed E-state index contributed by atoms with van der Waals surface area (Å²) in [5.74, 6) is -0.704. The molecule has 0 bridgehead atoms. The Morgan fingerprint density at radius 3 is 2.27 bits per heavy atom. The Hall–Kier alpha value is -0.220. The van der Waals surface area contributed by atoms with Gasteiger partial charge in [0.25, 0.3) is 0 Å². The van der Waals surface area contributed by atoms with E-state index < -0.39 is 5.97 Å². The van der Waals surface area contributed by atoms with Crippen LogP contribution in [-0.4, -0.2) is 11.1 Å². The first-order valence-corrected chi connectivity index (χ1v) is 4.50. The molecule has 1 aromatic carbocycles. The summed E-state index contributed by atoms with van der Waals surface area (Å²) in [5.41, 5.74) is 0.697. The van der Waals surface area contributed by atoms with E-state index in [9.17, 15) is 9.90 Å². The summed E-state index contributed by atoms with van der Waals surface area (Å²) in [6.45, 7) is 3.34. The van der Waals surface area contributed by atoms with Crippen LogP contribution in [-0.2, 0) is 4.79 Å². The quantitative estimate of drug-likeness (QED) is 0.652. The smallest absolute Gasteiger partial charge is 0.872 e. The molecule has 0 atom stereocenters. The Kier molecular flexibility index (Phi) is 10.4. The van der Waals surface area contributed by atoms with Crippen molar-refractivity contribution in [2.24, 2.45) is 0 Å². The number of halogens is 1. The van der Waals surface area contributed by atoms with Gasteiger partial charge in [-0.05, 0) is 19.1 Å². The van der Waals surface area contributed by atoms with Crippen LogP contribution in [0.4, 0.5) is 0 Å². The van der Waals surface area contributed by atoms with Crippen molar-refractivity contribution in [2.45, 2.75) is 20.3 Å². The van der Waals surface area contributed by atoms with Crippen LogP contribution in [0.15, 0.2) is 18.2 Å². The molecule has 5 heteroatoms. The molecule has 3 nitrogen and oxygen atoms in total. The molecule has 0 saturated carbocycles. The second kappa shape index (κ2) is 9.04. The van der Waals surface area contributed by atoms with Crippen molar-refractivity contribution in [3.8, 4) is 5.75 Å². The van der Waals surface area contributed by atoms with Crippen molar-refractivity contribution in [1.82, 2.24) is 0 Å². The number of aliphatic carboxylic acids is 1. The minimum Gasteiger partial charge on any atom is -0.872 e. The second-order valence-electron chi connectivity index (χ2n) is 2.66. The summed E-state index contributed by atoms with van der Waals surface area (Å²) < 4.78 is 0. The van der Waals surface area contributed by atoms with Gasteiger partial charge in [0.1, 0.15) is 0 Å². The number of hydrogen-bond donors (Lipinski definition) is 1. The van der Waals surface area contributed by atoms with Gasteiger partial charge in [-0.1, -0.05) is 30.2 Å². The van der Waals surface area contributed by atoms with Gasteiger partial charge in [0, 0.05) is 11.4 Å². The normalized spacial score (nSPS) is 8.20. The van der Waals surface area contributed by atoms with E-state index in [4.69, 9.17) is 16.7 Å². The fraction of sp³-hybridized carbons (Fsp3) is 0.300. The Balaban J connectivity index is 0. The van der Waals surface area contributed by atoms with E-state index in [0.717, 1.165) is 0 Å². The first-order chi connectivity index (χ1) is 6.47. The summed E-state index contributed by atoms with van der Waals surface area (Å²) in [5, 5.41) is 19.1. The van der Waals surface area contributed by atoms with Crippen LogP contribution in [0.1, 0.15) is 18.9 Å². The third kappa shape index (κ3) is 8.75. The molecule has 0 aliphatic carbocycles. The Labute approximate surface area is 116 Å². The molecule has 0 amide bonds. The number of hydrogen-bond acceptors (Lipinski definition) is 2. The average molecular weight is 239 g/mol. The van der Waals surface area contributed by atoms with Gasteiger partial charge in [-0.3, -0.25) is 4.79 Å². The fourth-order valence-corrected chi connectivity index (χ4v) is 0.839. The minimum atomic E-state index is -0.745. The molecule has 15 heavy (non-hydrogen) atoms. The Morgan fingerprint density at radius 2 is 2.00 bits per heavy atom. The van der Waals surface area contributed by atoms with Crippen molar-refractivity contribution < 1.29 is 44.6 Å². The molecule has 0 saturated heterocycles. The maximum absolute atomic E-state index is 10.7. The van der Waals surface area contributed by atoms with E-state index >= 15 is 0 Å². The maximum Gasteiger partial charge on any atom is 1.00 e. The van der Waals surface area contributed by atoms with Crippen LogP contribution in [0.25, 0.3) is 0 Å². The molecule has 0 aliphatic rings. The predicted octanol–water partition coefficient (Wildman–Crippen LogP) is -0.793. The summed E-state index contributed by atoms with van der Waals surface area (Å²) in [6.07, 6.45) is 0.222. The zero-order valence-electron chi connectivity index (χ0n) is 9.08. The second-order valence-corrected chi connectivity index (χ2v) is 3.09. The van der Waals surface area contributed by atoms with Crippen LogP contribution in [0.2, 0.25) is 5.02 Å². The molecule has 0 heterocycles. The molecule has 0 spiro atoms. The number of rotatable bonds is 1. The molecule has 1 aromatic rings. The number of aryl methyl sites for hydroxylation is 1. The molecular formula is C10H12ClNaO3. The number of carboxylic acids is 1.